The van der Waals surface area contributed by atoms with E-state index in [1.807, 2.05) is 6.07 Å². The zero-order valence-electron chi connectivity index (χ0n) is 11.9. The number of rotatable bonds is 3. The predicted molar refractivity (Wildman–Crippen MR) is 70.1 cm³/mol. The van der Waals surface area contributed by atoms with Crippen molar-refractivity contribution in [2.45, 2.75) is 32.4 Å². The van der Waals surface area contributed by atoms with E-state index in [2.05, 4.69) is 30.4 Å². The summed E-state index contributed by atoms with van der Waals surface area (Å²) in [6, 6.07) is 3.60. The summed E-state index contributed by atoms with van der Waals surface area (Å²) in [6.07, 6.45) is 0. The van der Waals surface area contributed by atoms with Gasteiger partial charge in [-0.3, -0.25) is 4.90 Å². The van der Waals surface area contributed by atoms with Crippen LogP contribution in [0.3, 0.4) is 0 Å². The minimum Gasteiger partial charge on any atom is -0.463 e. The number of methoxy groups -OCH3 is 1. The fraction of sp³-hybridized carbons (Fsp3) is 0.643. The number of esters is 1. The highest BCUT2D eigenvalue weighted by molar-refractivity contribution is 5.86. The smallest absolute Gasteiger partial charge is 0.373 e. The first-order valence-electron chi connectivity index (χ1n) is 6.49. The van der Waals surface area contributed by atoms with Gasteiger partial charge in [0.25, 0.3) is 0 Å². The van der Waals surface area contributed by atoms with Crippen molar-refractivity contribution in [2.24, 2.45) is 0 Å². The van der Waals surface area contributed by atoms with Gasteiger partial charge >= 0.3 is 5.97 Å². The molecular weight excluding hydrogens is 246 g/mol. The maximum atomic E-state index is 11.4. The van der Waals surface area contributed by atoms with E-state index in [0.717, 1.165) is 18.8 Å². The number of furan rings is 1. The summed E-state index contributed by atoms with van der Waals surface area (Å²) in [7, 11) is 1.35. The van der Waals surface area contributed by atoms with Crippen LogP contribution in [0.5, 0.6) is 0 Å². The van der Waals surface area contributed by atoms with Crippen LogP contribution in [-0.4, -0.2) is 43.3 Å². The number of hydrogen-bond acceptors (Lipinski definition) is 5. The summed E-state index contributed by atoms with van der Waals surface area (Å²) in [5.74, 6) is 0.579. The van der Waals surface area contributed by atoms with Crippen molar-refractivity contribution in [3.63, 3.8) is 0 Å². The van der Waals surface area contributed by atoms with Crippen molar-refractivity contribution >= 4 is 5.97 Å². The molecule has 1 saturated heterocycles. The first kappa shape index (κ1) is 14.1. The fourth-order valence-corrected chi connectivity index (χ4v) is 2.35. The van der Waals surface area contributed by atoms with Gasteiger partial charge in [0.2, 0.25) is 5.76 Å². The minimum atomic E-state index is -0.444. The van der Waals surface area contributed by atoms with Crippen LogP contribution in [0.25, 0.3) is 0 Å². The van der Waals surface area contributed by atoms with Gasteiger partial charge in [0.05, 0.1) is 25.4 Å². The summed E-state index contributed by atoms with van der Waals surface area (Å²) < 4.78 is 15.9. The molecule has 0 aliphatic carbocycles. The van der Waals surface area contributed by atoms with Crippen LogP contribution in [-0.2, 0) is 9.47 Å². The lowest BCUT2D eigenvalue weighted by molar-refractivity contribution is -0.0976. The van der Waals surface area contributed by atoms with E-state index in [9.17, 15) is 4.79 Å². The lowest BCUT2D eigenvalue weighted by atomic mass is 10.1. The molecule has 1 aromatic rings. The Morgan fingerprint density at radius 2 is 2.21 bits per heavy atom. The van der Waals surface area contributed by atoms with Crippen molar-refractivity contribution in [1.29, 1.82) is 0 Å². The SMILES string of the molecule is COC(=O)c1ccc(C(C)N2CCOC(C)(C)C2)o1. The average molecular weight is 267 g/mol. The first-order valence-corrected chi connectivity index (χ1v) is 6.49. The van der Waals surface area contributed by atoms with E-state index in [0.29, 0.717) is 6.61 Å². The highest BCUT2D eigenvalue weighted by Gasteiger charge is 2.31. The molecule has 5 nitrogen and oxygen atoms in total. The number of carbonyl (C=O) groups is 1. The molecule has 0 spiro atoms. The van der Waals surface area contributed by atoms with Crippen LogP contribution in [0.15, 0.2) is 16.5 Å². The molecule has 1 atom stereocenters. The van der Waals surface area contributed by atoms with E-state index in [1.165, 1.54) is 7.11 Å². The second kappa shape index (κ2) is 5.35. The molecule has 19 heavy (non-hydrogen) atoms. The largest absolute Gasteiger partial charge is 0.463 e. The molecule has 5 heteroatoms. The lowest BCUT2D eigenvalue weighted by Crippen LogP contribution is -2.48. The van der Waals surface area contributed by atoms with Crippen LogP contribution in [0.4, 0.5) is 0 Å². The average Bonchev–Trinajstić information content (AvgIpc) is 2.85. The predicted octanol–water partition coefficient (Wildman–Crippen LogP) is 2.24. The van der Waals surface area contributed by atoms with Gasteiger partial charge in [-0.2, -0.15) is 0 Å². The molecule has 1 aliphatic rings. The van der Waals surface area contributed by atoms with Gasteiger partial charge in [-0.05, 0) is 32.9 Å². The van der Waals surface area contributed by atoms with E-state index in [-0.39, 0.29) is 17.4 Å². The van der Waals surface area contributed by atoms with Gasteiger partial charge in [-0.1, -0.05) is 0 Å². The second-order valence-electron chi connectivity index (χ2n) is 5.45. The molecule has 1 fully saturated rings. The molecule has 2 rings (SSSR count). The molecule has 1 aromatic heterocycles. The Labute approximate surface area is 113 Å². The quantitative estimate of drug-likeness (QED) is 0.786. The lowest BCUT2D eigenvalue weighted by Gasteiger charge is -2.40. The Balaban J connectivity index is 2.09. The molecular formula is C14H21NO4. The van der Waals surface area contributed by atoms with Crippen molar-refractivity contribution < 1.29 is 18.7 Å². The van der Waals surface area contributed by atoms with Crippen molar-refractivity contribution in [3.05, 3.63) is 23.7 Å². The standard InChI is InChI=1S/C14H21NO4/c1-10(15-7-8-18-14(2,3)9-15)11-5-6-12(19-11)13(16)17-4/h5-6,10H,7-9H2,1-4H3. The van der Waals surface area contributed by atoms with E-state index in [1.54, 1.807) is 6.07 Å². The summed E-state index contributed by atoms with van der Waals surface area (Å²) in [5, 5.41) is 0. The Morgan fingerprint density at radius 3 is 2.84 bits per heavy atom. The molecule has 0 aromatic carbocycles. The molecule has 106 valence electrons. The van der Waals surface area contributed by atoms with Crippen LogP contribution in [0.1, 0.15) is 43.1 Å². The molecule has 1 aliphatic heterocycles. The topological polar surface area (TPSA) is 51.9 Å². The third-order valence-corrected chi connectivity index (χ3v) is 3.43. The van der Waals surface area contributed by atoms with Crippen LogP contribution < -0.4 is 0 Å². The molecule has 2 heterocycles. The molecule has 0 saturated carbocycles. The number of hydrogen-bond donors (Lipinski definition) is 0. The summed E-state index contributed by atoms with van der Waals surface area (Å²) >= 11 is 0. The first-order chi connectivity index (χ1) is 8.93. The maximum Gasteiger partial charge on any atom is 0.373 e. The van der Waals surface area contributed by atoms with Gasteiger partial charge in [-0.25, -0.2) is 4.79 Å². The Kier molecular flexibility index (Phi) is 3.96. The van der Waals surface area contributed by atoms with E-state index < -0.39 is 5.97 Å². The maximum absolute atomic E-state index is 11.4. The van der Waals surface area contributed by atoms with Gasteiger partial charge in [0, 0.05) is 13.1 Å². The van der Waals surface area contributed by atoms with Crippen LogP contribution in [0, 0.1) is 0 Å². The third kappa shape index (κ3) is 3.16. The van der Waals surface area contributed by atoms with Crippen LogP contribution >= 0.6 is 0 Å². The summed E-state index contributed by atoms with van der Waals surface area (Å²) in [4.78, 5) is 13.7. The van der Waals surface area contributed by atoms with E-state index in [4.69, 9.17) is 9.15 Å². The number of carbonyl (C=O) groups excluding carboxylic acids is 1. The zero-order valence-corrected chi connectivity index (χ0v) is 11.9. The Bertz CT molecular complexity index is 452. The third-order valence-electron chi connectivity index (χ3n) is 3.43. The second-order valence-corrected chi connectivity index (χ2v) is 5.45. The zero-order chi connectivity index (χ0) is 14.0. The highest BCUT2D eigenvalue weighted by atomic mass is 16.5. The molecule has 0 N–H and O–H groups in total. The molecule has 0 radical (unpaired) electrons. The van der Waals surface area contributed by atoms with Crippen molar-refractivity contribution in [3.8, 4) is 0 Å². The van der Waals surface area contributed by atoms with E-state index >= 15 is 0 Å². The Hall–Kier alpha value is -1.33. The van der Waals surface area contributed by atoms with Crippen molar-refractivity contribution in [1.82, 2.24) is 4.90 Å². The summed E-state index contributed by atoms with van der Waals surface area (Å²) in [6.45, 7) is 8.63. The van der Waals surface area contributed by atoms with Crippen LogP contribution in [0.2, 0.25) is 0 Å². The number of nitrogens with zero attached hydrogens (tertiary/aromatic N) is 1. The van der Waals surface area contributed by atoms with Gasteiger partial charge in [0.1, 0.15) is 5.76 Å². The fourth-order valence-electron chi connectivity index (χ4n) is 2.35. The van der Waals surface area contributed by atoms with Gasteiger partial charge in [-0.15, -0.1) is 0 Å². The minimum absolute atomic E-state index is 0.113. The molecule has 0 amide bonds. The van der Waals surface area contributed by atoms with Crippen molar-refractivity contribution in [2.75, 3.05) is 26.8 Å². The Morgan fingerprint density at radius 1 is 1.47 bits per heavy atom. The monoisotopic (exact) mass is 267 g/mol. The summed E-state index contributed by atoms with van der Waals surface area (Å²) in [5.41, 5.74) is -0.149. The number of morpholine rings is 1. The van der Waals surface area contributed by atoms with Gasteiger partial charge in [0.15, 0.2) is 0 Å². The molecule has 0 bridgehead atoms. The van der Waals surface area contributed by atoms with Gasteiger partial charge < -0.3 is 13.9 Å². The molecule has 1 unspecified atom stereocenters. The normalized spacial score (nSPS) is 21.1. The number of ether oxygens (including phenoxy) is 2. The highest BCUT2D eigenvalue weighted by Crippen LogP contribution is 2.27.